The van der Waals surface area contributed by atoms with Crippen LogP contribution in [-0.2, 0) is 13.6 Å². The zero-order valence-corrected chi connectivity index (χ0v) is 8.27. The number of aryl methyl sites for hydroxylation is 1. The summed E-state index contributed by atoms with van der Waals surface area (Å²) in [5, 5.41) is 11.0. The lowest BCUT2D eigenvalue weighted by Crippen LogP contribution is -2.18. The molecule has 0 radical (unpaired) electrons. The minimum absolute atomic E-state index is 0.803. The first-order valence-corrected chi connectivity index (χ1v) is 5.26. The molecule has 0 fully saturated rings. The standard InChI is InChI=1S/C7H14N4S/c1-11-6-9-10-7(11)5-8-3-4-12-2/h6,8H,3-5H2,1-2H3. The third kappa shape index (κ3) is 2.83. The van der Waals surface area contributed by atoms with Gasteiger partial charge in [-0.05, 0) is 6.26 Å². The topological polar surface area (TPSA) is 42.7 Å². The highest BCUT2D eigenvalue weighted by molar-refractivity contribution is 7.98. The van der Waals surface area contributed by atoms with Gasteiger partial charge in [0, 0.05) is 19.3 Å². The van der Waals surface area contributed by atoms with Crippen molar-refractivity contribution in [3.8, 4) is 0 Å². The third-order valence-corrected chi connectivity index (χ3v) is 2.18. The zero-order chi connectivity index (χ0) is 8.81. The summed E-state index contributed by atoms with van der Waals surface area (Å²) in [5.74, 6) is 2.12. The van der Waals surface area contributed by atoms with E-state index in [1.807, 2.05) is 23.4 Å². The van der Waals surface area contributed by atoms with Crippen molar-refractivity contribution in [3.05, 3.63) is 12.2 Å². The van der Waals surface area contributed by atoms with Crippen molar-refractivity contribution in [1.29, 1.82) is 0 Å². The first kappa shape index (κ1) is 9.54. The minimum Gasteiger partial charge on any atom is -0.320 e. The Hall–Kier alpha value is -0.550. The second-order valence-electron chi connectivity index (χ2n) is 2.53. The second kappa shape index (κ2) is 5.16. The molecule has 68 valence electrons. The van der Waals surface area contributed by atoms with Gasteiger partial charge in [0.25, 0.3) is 0 Å². The molecule has 12 heavy (non-hydrogen) atoms. The van der Waals surface area contributed by atoms with Crippen LogP contribution < -0.4 is 5.32 Å². The fraction of sp³-hybridized carbons (Fsp3) is 0.714. The van der Waals surface area contributed by atoms with Crippen molar-refractivity contribution >= 4 is 11.8 Å². The molecule has 0 aliphatic rings. The van der Waals surface area contributed by atoms with E-state index in [1.54, 1.807) is 6.33 Å². The summed E-state index contributed by atoms with van der Waals surface area (Å²) < 4.78 is 1.92. The zero-order valence-electron chi connectivity index (χ0n) is 7.45. The van der Waals surface area contributed by atoms with E-state index in [2.05, 4.69) is 21.8 Å². The molecule has 0 atom stereocenters. The highest BCUT2D eigenvalue weighted by atomic mass is 32.2. The first-order chi connectivity index (χ1) is 5.84. The fourth-order valence-corrected chi connectivity index (χ4v) is 1.19. The van der Waals surface area contributed by atoms with E-state index in [0.29, 0.717) is 0 Å². The van der Waals surface area contributed by atoms with Crippen LogP contribution in [0.1, 0.15) is 5.82 Å². The van der Waals surface area contributed by atoms with E-state index < -0.39 is 0 Å². The fourth-order valence-electron chi connectivity index (χ4n) is 0.842. The predicted molar refractivity (Wildman–Crippen MR) is 51.1 cm³/mol. The molecule has 0 spiro atoms. The molecule has 0 bridgehead atoms. The lowest BCUT2D eigenvalue weighted by atomic mass is 10.5. The molecule has 0 aliphatic heterocycles. The van der Waals surface area contributed by atoms with Crippen LogP contribution in [-0.4, -0.2) is 33.3 Å². The maximum absolute atomic E-state index is 3.96. The van der Waals surface area contributed by atoms with E-state index in [0.717, 1.165) is 24.7 Å². The number of nitrogens with zero attached hydrogens (tertiary/aromatic N) is 3. The molecule has 0 aromatic carbocycles. The molecule has 1 aromatic rings. The van der Waals surface area contributed by atoms with Gasteiger partial charge in [-0.3, -0.25) is 0 Å². The molecule has 1 heterocycles. The van der Waals surface area contributed by atoms with Gasteiger partial charge in [0.2, 0.25) is 0 Å². The van der Waals surface area contributed by atoms with Crippen LogP contribution >= 0.6 is 11.8 Å². The van der Waals surface area contributed by atoms with Gasteiger partial charge in [-0.25, -0.2) is 0 Å². The van der Waals surface area contributed by atoms with Crippen LogP contribution in [0, 0.1) is 0 Å². The molecule has 1 aromatic heterocycles. The van der Waals surface area contributed by atoms with Crippen molar-refractivity contribution in [2.24, 2.45) is 7.05 Å². The average molecular weight is 186 g/mol. The van der Waals surface area contributed by atoms with E-state index in [9.17, 15) is 0 Å². The maximum atomic E-state index is 3.96. The average Bonchev–Trinajstić information content (AvgIpc) is 2.46. The Morgan fingerprint density at radius 1 is 1.67 bits per heavy atom. The Bertz CT molecular complexity index is 223. The van der Waals surface area contributed by atoms with Gasteiger partial charge in [-0.2, -0.15) is 11.8 Å². The SMILES string of the molecule is CSCCNCc1nncn1C. The van der Waals surface area contributed by atoms with Crippen molar-refractivity contribution in [1.82, 2.24) is 20.1 Å². The monoisotopic (exact) mass is 186 g/mol. The van der Waals surface area contributed by atoms with Crippen LogP contribution in [0.2, 0.25) is 0 Å². The summed E-state index contributed by atoms with van der Waals surface area (Å²) in [6.07, 6.45) is 3.82. The number of nitrogens with one attached hydrogen (secondary N) is 1. The summed E-state index contributed by atoms with van der Waals surface area (Å²) in [5.41, 5.74) is 0. The van der Waals surface area contributed by atoms with E-state index in [4.69, 9.17) is 0 Å². The van der Waals surface area contributed by atoms with Gasteiger partial charge in [-0.1, -0.05) is 0 Å². The van der Waals surface area contributed by atoms with Gasteiger partial charge < -0.3 is 9.88 Å². The Balaban J connectivity index is 2.20. The number of thioether (sulfide) groups is 1. The molecule has 4 nitrogen and oxygen atoms in total. The lowest BCUT2D eigenvalue weighted by Gasteiger charge is -2.01. The summed E-state index contributed by atoms with van der Waals surface area (Å²) in [6.45, 7) is 1.82. The van der Waals surface area contributed by atoms with E-state index in [-0.39, 0.29) is 0 Å². The largest absolute Gasteiger partial charge is 0.320 e. The quantitative estimate of drug-likeness (QED) is 0.670. The minimum atomic E-state index is 0.803. The Morgan fingerprint density at radius 2 is 2.50 bits per heavy atom. The third-order valence-electron chi connectivity index (χ3n) is 1.57. The summed E-state index contributed by atoms with van der Waals surface area (Å²) in [6, 6.07) is 0. The van der Waals surface area contributed by atoms with Crippen molar-refractivity contribution in [2.75, 3.05) is 18.6 Å². The van der Waals surface area contributed by atoms with E-state index >= 15 is 0 Å². The summed E-state index contributed by atoms with van der Waals surface area (Å²) >= 11 is 1.84. The number of hydrogen-bond donors (Lipinski definition) is 1. The van der Waals surface area contributed by atoms with Crippen molar-refractivity contribution < 1.29 is 0 Å². The molecule has 1 rings (SSSR count). The molecule has 0 saturated carbocycles. The lowest BCUT2D eigenvalue weighted by molar-refractivity contribution is 0.663. The smallest absolute Gasteiger partial charge is 0.146 e. The van der Waals surface area contributed by atoms with E-state index in [1.165, 1.54) is 0 Å². The molecular weight excluding hydrogens is 172 g/mol. The van der Waals surface area contributed by atoms with Crippen molar-refractivity contribution in [2.45, 2.75) is 6.54 Å². The maximum Gasteiger partial charge on any atom is 0.146 e. The van der Waals surface area contributed by atoms with Crippen LogP contribution in [0.5, 0.6) is 0 Å². The number of hydrogen-bond acceptors (Lipinski definition) is 4. The molecule has 1 N–H and O–H groups in total. The van der Waals surface area contributed by atoms with Crippen molar-refractivity contribution in [3.63, 3.8) is 0 Å². The number of aromatic nitrogens is 3. The Kier molecular flexibility index (Phi) is 4.10. The second-order valence-corrected chi connectivity index (χ2v) is 3.51. The molecule has 5 heteroatoms. The van der Waals surface area contributed by atoms with Gasteiger partial charge in [-0.15, -0.1) is 10.2 Å². The number of rotatable bonds is 5. The molecule has 0 aliphatic carbocycles. The predicted octanol–water partition coefficient (Wildman–Crippen LogP) is 0.268. The molecule has 0 amide bonds. The van der Waals surface area contributed by atoms with Crippen LogP contribution in [0.15, 0.2) is 6.33 Å². The summed E-state index contributed by atoms with van der Waals surface area (Å²) in [7, 11) is 1.95. The van der Waals surface area contributed by atoms with Crippen LogP contribution in [0.25, 0.3) is 0 Å². The molecule has 0 saturated heterocycles. The van der Waals surface area contributed by atoms with Crippen LogP contribution in [0.3, 0.4) is 0 Å². The first-order valence-electron chi connectivity index (χ1n) is 3.87. The molecular formula is C7H14N4S. The highest BCUT2D eigenvalue weighted by Crippen LogP contribution is 1.91. The van der Waals surface area contributed by atoms with Gasteiger partial charge in [0.15, 0.2) is 0 Å². The van der Waals surface area contributed by atoms with Crippen LogP contribution in [0.4, 0.5) is 0 Å². The Labute approximate surface area is 76.8 Å². The van der Waals surface area contributed by atoms with Gasteiger partial charge >= 0.3 is 0 Å². The normalized spacial score (nSPS) is 10.5. The summed E-state index contributed by atoms with van der Waals surface area (Å²) in [4.78, 5) is 0. The Morgan fingerprint density at radius 3 is 3.08 bits per heavy atom. The van der Waals surface area contributed by atoms with Gasteiger partial charge in [0.05, 0.1) is 6.54 Å². The van der Waals surface area contributed by atoms with Gasteiger partial charge in [0.1, 0.15) is 12.2 Å². The highest BCUT2D eigenvalue weighted by Gasteiger charge is 1.97. The molecule has 0 unspecified atom stereocenters.